The number of aliphatic hydroxyl groups is 1. The molecule has 7 heteroatoms. The SMILES string of the molecule is O=C(O)c1cc(NCc2cnn(CCO)c2)ccc1F. The minimum absolute atomic E-state index is 0.00841. The van der Waals surface area contributed by atoms with Crippen LogP contribution in [0, 0.1) is 5.82 Å². The molecule has 0 atom stereocenters. The fourth-order valence-electron chi connectivity index (χ4n) is 1.73. The summed E-state index contributed by atoms with van der Waals surface area (Å²) in [5.41, 5.74) is 1.02. The van der Waals surface area contributed by atoms with Crippen LogP contribution in [0.15, 0.2) is 30.6 Å². The lowest BCUT2D eigenvalue weighted by atomic mass is 10.2. The second-order valence-corrected chi connectivity index (χ2v) is 4.19. The lowest BCUT2D eigenvalue weighted by Crippen LogP contribution is -2.04. The number of halogens is 1. The average Bonchev–Trinajstić information content (AvgIpc) is 2.86. The van der Waals surface area contributed by atoms with E-state index >= 15 is 0 Å². The maximum Gasteiger partial charge on any atom is 0.338 e. The third-order valence-corrected chi connectivity index (χ3v) is 2.71. The predicted octanol–water partition coefficient (Wildman–Crippen LogP) is 1.32. The largest absolute Gasteiger partial charge is 0.478 e. The van der Waals surface area contributed by atoms with Crippen LogP contribution in [-0.2, 0) is 13.1 Å². The smallest absolute Gasteiger partial charge is 0.338 e. The van der Waals surface area contributed by atoms with E-state index in [0.717, 1.165) is 11.6 Å². The van der Waals surface area contributed by atoms with Gasteiger partial charge in [0.05, 0.1) is 24.9 Å². The van der Waals surface area contributed by atoms with Crippen LogP contribution in [0.1, 0.15) is 15.9 Å². The molecule has 0 aliphatic rings. The molecule has 0 saturated heterocycles. The molecule has 0 aliphatic carbocycles. The van der Waals surface area contributed by atoms with Gasteiger partial charge in [-0.1, -0.05) is 0 Å². The van der Waals surface area contributed by atoms with Crippen LogP contribution in [0.4, 0.5) is 10.1 Å². The Morgan fingerprint density at radius 2 is 2.25 bits per heavy atom. The lowest BCUT2D eigenvalue weighted by Gasteiger charge is -2.06. The van der Waals surface area contributed by atoms with E-state index in [9.17, 15) is 9.18 Å². The number of carboxylic acid groups (broad SMARTS) is 1. The molecule has 20 heavy (non-hydrogen) atoms. The molecule has 2 rings (SSSR count). The summed E-state index contributed by atoms with van der Waals surface area (Å²) >= 11 is 0. The van der Waals surface area contributed by atoms with Crippen molar-refractivity contribution in [2.45, 2.75) is 13.1 Å². The number of aliphatic hydroxyl groups excluding tert-OH is 1. The van der Waals surface area contributed by atoms with Crippen LogP contribution in [0.5, 0.6) is 0 Å². The van der Waals surface area contributed by atoms with E-state index in [1.807, 2.05) is 0 Å². The molecule has 1 aromatic carbocycles. The minimum Gasteiger partial charge on any atom is -0.478 e. The zero-order valence-electron chi connectivity index (χ0n) is 10.6. The van der Waals surface area contributed by atoms with E-state index in [0.29, 0.717) is 18.8 Å². The Bertz CT molecular complexity index is 613. The highest BCUT2D eigenvalue weighted by molar-refractivity contribution is 5.89. The molecule has 0 spiro atoms. The summed E-state index contributed by atoms with van der Waals surface area (Å²) < 4.78 is 14.8. The van der Waals surface area contributed by atoms with Crippen molar-refractivity contribution in [1.29, 1.82) is 0 Å². The van der Waals surface area contributed by atoms with Gasteiger partial charge in [-0.2, -0.15) is 5.10 Å². The number of carboxylic acids is 1. The quantitative estimate of drug-likeness (QED) is 0.742. The first kappa shape index (κ1) is 14.0. The van der Waals surface area contributed by atoms with Gasteiger partial charge in [0.15, 0.2) is 0 Å². The van der Waals surface area contributed by atoms with Gasteiger partial charge in [0.1, 0.15) is 5.82 Å². The van der Waals surface area contributed by atoms with Gasteiger partial charge in [-0.25, -0.2) is 9.18 Å². The first-order valence-electron chi connectivity index (χ1n) is 5.99. The number of carbonyl (C=O) groups is 1. The van der Waals surface area contributed by atoms with Crippen LogP contribution < -0.4 is 5.32 Å². The summed E-state index contributed by atoms with van der Waals surface area (Å²) in [6.45, 7) is 0.852. The highest BCUT2D eigenvalue weighted by atomic mass is 19.1. The zero-order valence-corrected chi connectivity index (χ0v) is 10.6. The van der Waals surface area contributed by atoms with Gasteiger partial charge >= 0.3 is 5.97 Å². The maximum atomic E-state index is 13.2. The molecule has 3 N–H and O–H groups in total. The van der Waals surface area contributed by atoms with Crippen molar-refractivity contribution in [2.24, 2.45) is 0 Å². The Morgan fingerprint density at radius 3 is 2.95 bits per heavy atom. The number of benzene rings is 1. The molecule has 0 bridgehead atoms. The highest BCUT2D eigenvalue weighted by Crippen LogP contribution is 2.15. The molecule has 0 unspecified atom stereocenters. The number of aromatic nitrogens is 2. The van der Waals surface area contributed by atoms with E-state index in [2.05, 4.69) is 10.4 Å². The molecule has 106 valence electrons. The van der Waals surface area contributed by atoms with E-state index in [1.54, 1.807) is 17.1 Å². The number of rotatable bonds is 6. The van der Waals surface area contributed by atoms with Gasteiger partial charge in [-0.15, -0.1) is 0 Å². The Morgan fingerprint density at radius 1 is 1.45 bits per heavy atom. The predicted molar refractivity (Wildman–Crippen MR) is 70.0 cm³/mol. The normalized spacial score (nSPS) is 10.5. The Balaban J connectivity index is 2.03. The van der Waals surface area contributed by atoms with Crippen LogP contribution >= 0.6 is 0 Å². The second kappa shape index (κ2) is 6.16. The van der Waals surface area contributed by atoms with Gasteiger partial charge < -0.3 is 15.5 Å². The van der Waals surface area contributed by atoms with Crippen LogP contribution in [-0.4, -0.2) is 32.6 Å². The third kappa shape index (κ3) is 3.33. The standard InChI is InChI=1S/C13H14FN3O3/c14-12-2-1-10(5-11(12)13(19)20)15-6-9-7-16-17(8-9)3-4-18/h1-2,5,7-8,15,18H,3-4,6H2,(H,19,20). The summed E-state index contributed by atoms with van der Waals surface area (Å²) in [5.74, 6) is -2.07. The fourth-order valence-corrected chi connectivity index (χ4v) is 1.73. The third-order valence-electron chi connectivity index (χ3n) is 2.71. The van der Waals surface area contributed by atoms with Gasteiger partial charge in [-0.05, 0) is 18.2 Å². The number of hydrogen-bond donors (Lipinski definition) is 3. The summed E-state index contributed by atoms with van der Waals surface area (Å²) in [7, 11) is 0. The topological polar surface area (TPSA) is 87.4 Å². The Hall–Kier alpha value is -2.41. The lowest BCUT2D eigenvalue weighted by molar-refractivity contribution is 0.0692. The molecule has 0 radical (unpaired) electrons. The van der Waals surface area contributed by atoms with Crippen LogP contribution in [0.2, 0.25) is 0 Å². The van der Waals surface area contributed by atoms with E-state index in [-0.39, 0.29) is 12.2 Å². The highest BCUT2D eigenvalue weighted by Gasteiger charge is 2.10. The molecular weight excluding hydrogens is 265 g/mol. The molecular formula is C13H14FN3O3. The van der Waals surface area contributed by atoms with Crippen molar-refractivity contribution in [1.82, 2.24) is 9.78 Å². The molecule has 1 aromatic heterocycles. The van der Waals surface area contributed by atoms with Crippen LogP contribution in [0.3, 0.4) is 0 Å². The van der Waals surface area contributed by atoms with Gasteiger partial charge in [0, 0.05) is 24.0 Å². The van der Waals surface area contributed by atoms with E-state index in [4.69, 9.17) is 10.2 Å². The molecule has 0 aliphatic heterocycles. The van der Waals surface area contributed by atoms with Crippen LogP contribution in [0.25, 0.3) is 0 Å². The van der Waals surface area contributed by atoms with Gasteiger partial charge in [-0.3, -0.25) is 4.68 Å². The average molecular weight is 279 g/mol. The number of anilines is 1. The second-order valence-electron chi connectivity index (χ2n) is 4.19. The maximum absolute atomic E-state index is 13.2. The summed E-state index contributed by atoms with van der Waals surface area (Å²) in [6.07, 6.45) is 3.41. The van der Waals surface area contributed by atoms with E-state index < -0.39 is 11.8 Å². The first-order chi connectivity index (χ1) is 9.60. The first-order valence-corrected chi connectivity index (χ1v) is 5.99. The molecule has 1 heterocycles. The molecule has 2 aromatic rings. The van der Waals surface area contributed by atoms with Crippen molar-refractivity contribution in [3.63, 3.8) is 0 Å². The Labute approximate surface area is 114 Å². The van der Waals surface area contributed by atoms with Gasteiger partial charge in [0.2, 0.25) is 0 Å². The summed E-state index contributed by atoms with van der Waals surface area (Å²) in [5, 5.41) is 24.6. The fraction of sp³-hybridized carbons (Fsp3) is 0.231. The molecule has 0 amide bonds. The summed E-state index contributed by atoms with van der Waals surface area (Å²) in [6, 6.07) is 3.83. The number of aromatic carboxylic acids is 1. The van der Waals surface area contributed by atoms with Crippen molar-refractivity contribution in [3.8, 4) is 0 Å². The van der Waals surface area contributed by atoms with Crippen molar-refractivity contribution in [2.75, 3.05) is 11.9 Å². The molecule has 0 saturated carbocycles. The molecule has 6 nitrogen and oxygen atoms in total. The monoisotopic (exact) mass is 279 g/mol. The molecule has 0 fully saturated rings. The number of hydrogen-bond acceptors (Lipinski definition) is 4. The van der Waals surface area contributed by atoms with E-state index in [1.165, 1.54) is 12.1 Å². The Kier molecular flexibility index (Phi) is 4.31. The van der Waals surface area contributed by atoms with Crippen molar-refractivity contribution >= 4 is 11.7 Å². The van der Waals surface area contributed by atoms with Crippen molar-refractivity contribution in [3.05, 3.63) is 47.5 Å². The zero-order chi connectivity index (χ0) is 14.5. The number of nitrogens with one attached hydrogen (secondary N) is 1. The summed E-state index contributed by atoms with van der Waals surface area (Å²) in [4.78, 5) is 10.8. The number of nitrogens with zero attached hydrogens (tertiary/aromatic N) is 2. The minimum atomic E-state index is -1.30. The van der Waals surface area contributed by atoms with Crippen molar-refractivity contribution < 1.29 is 19.4 Å². The van der Waals surface area contributed by atoms with Gasteiger partial charge in [0.25, 0.3) is 0 Å².